The molecule has 2 unspecified atom stereocenters. The van der Waals surface area contributed by atoms with Crippen LogP contribution in [0.4, 0.5) is 0 Å². The second kappa shape index (κ2) is 5.29. The number of amides is 1. The molecule has 16 heavy (non-hydrogen) atoms. The molecule has 0 spiro atoms. The summed E-state index contributed by atoms with van der Waals surface area (Å²) >= 11 is 5.09. The Labute approximate surface area is 108 Å². The van der Waals surface area contributed by atoms with Gasteiger partial charge in [0.2, 0.25) is 5.91 Å². The SMILES string of the molecule is NC1CCCC1C(=O)NCc1sccc1Br. The summed E-state index contributed by atoms with van der Waals surface area (Å²) in [6.45, 7) is 0.598. The van der Waals surface area contributed by atoms with Gasteiger partial charge in [0, 0.05) is 15.4 Å². The van der Waals surface area contributed by atoms with Gasteiger partial charge in [-0.2, -0.15) is 0 Å². The lowest BCUT2D eigenvalue weighted by Gasteiger charge is -2.14. The van der Waals surface area contributed by atoms with Crippen LogP contribution in [0.25, 0.3) is 0 Å². The smallest absolute Gasteiger partial charge is 0.224 e. The molecule has 2 atom stereocenters. The van der Waals surface area contributed by atoms with Gasteiger partial charge in [0.15, 0.2) is 0 Å². The zero-order chi connectivity index (χ0) is 11.5. The normalized spacial score (nSPS) is 24.6. The highest BCUT2D eigenvalue weighted by molar-refractivity contribution is 9.10. The predicted molar refractivity (Wildman–Crippen MR) is 69.2 cm³/mol. The van der Waals surface area contributed by atoms with Crippen LogP contribution in [0, 0.1) is 5.92 Å². The minimum Gasteiger partial charge on any atom is -0.351 e. The van der Waals surface area contributed by atoms with Crippen LogP contribution in [0.15, 0.2) is 15.9 Å². The number of carbonyl (C=O) groups excluding carboxylic acids is 1. The highest BCUT2D eigenvalue weighted by Crippen LogP contribution is 2.25. The molecule has 5 heteroatoms. The van der Waals surface area contributed by atoms with Crippen LogP contribution in [-0.4, -0.2) is 11.9 Å². The molecule has 0 saturated heterocycles. The van der Waals surface area contributed by atoms with Gasteiger partial charge in [0.25, 0.3) is 0 Å². The number of nitrogens with two attached hydrogens (primary N) is 1. The van der Waals surface area contributed by atoms with E-state index in [2.05, 4.69) is 21.2 Å². The Morgan fingerprint density at radius 3 is 3.00 bits per heavy atom. The van der Waals surface area contributed by atoms with E-state index in [0.717, 1.165) is 28.6 Å². The van der Waals surface area contributed by atoms with Gasteiger partial charge in [0.1, 0.15) is 0 Å². The van der Waals surface area contributed by atoms with E-state index >= 15 is 0 Å². The molecule has 1 heterocycles. The molecular formula is C11H15BrN2OS. The number of rotatable bonds is 3. The number of carbonyl (C=O) groups is 1. The molecule has 0 radical (unpaired) electrons. The van der Waals surface area contributed by atoms with Crippen LogP contribution < -0.4 is 11.1 Å². The minimum absolute atomic E-state index is 0.0127. The summed E-state index contributed by atoms with van der Waals surface area (Å²) in [6.07, 6.45) is 2.97. The maximum absolute atomic E-state index is 11.9. The number of halogens is 1. The van der Waals surface area contributed by atoms with Crippen molar-refractivity contribution in [3.63, 3.8) is 0 Å². The van der Waals surface area contributed by atoms with Crippen molar-refractivity contribution in [2.45, 2.75) is 31.8 Å². The van der Waals surface area contributed by atoms with Gasteiger partial charge in [0.05, 0.1) is 12.5 Å². The van der Waals surface area contributed by atoms with E-state index < -0.39 is 0 Å². The zero-order valence-electron chi connectivity index (χ0n) is 8.91. The summed E-state index contributed by atoms with van der Waals surface area (Å²) in [5.41, 5.74) is 5.89. The van der Waals surface area contributed by atoms with E-state index in [9.17, 15) is 4.79 Å². The lowest BCUT2D eigenvalue weighted by molar-refractivity contribution is -0.125. The quantitative estimate of drug-likeness (QED) is 0.900. The summed E-state index contributed by atoms with van der Waals surface area (Å²) in [7, 11) is 0. The molecule has 0 aromatic carbocycles. The van der Waals surface area contributed by atoms with Gasteiger partial charge < -0.3 is 11.1 Å². The van der Waals surface area contributed by atoms with Crippen LogP contribution in [0.3, 0.4) is 0 Å². The molecule has 1 aromatic rings. The van der Waals surface area contributed by atoms with Gasteiger partial charge in [-0.15, -0.1) is 11.3 Å². The lowest BCUT2D eigenvalue weighted by Crippen LogP contribution is -2.38. The Morgan fingerprint density at radius 2 is 2.44 bits per heavy atom. The van der Waals surface area contributed by atoms with Gasteiger partial charge >= 0.3 is 0 Å². The topological polar surface area (TPSA) is 55.1 Å². The molecule has 2 rings (SSSR count). The van der Waals surface area contributed by atoms with Crippen LogP contribution in [0.1, 0.15) is 24.1 Å². The first-order valence-corrected chi connectivity index (χ1v) is 7.11. The van der Waals surface area contributed by atoms with Gasteiger partial charge in [-0.3, -0.25) is 4.79 Å². The van der Waals surface area contributed by atoms with Crippen LogP contribution in [-0.2, 0) is 11.3 Å². The maximum atomic E-state index is 11.9. The van der Waals surface area contributed by atoms with Crippen molar-refractivity contribution in [3.05, 3.63) is 20.8 Å². The van der Waals surface area contributed by atoms with Crippen LogP contribution in [0.2, 0.25) is 0 Å². The molecule has 3 nitrogen and oxygen atoms in total. The average Bonchev–Trinajstić information content (AvgIpc) is 2.84. The minimum atomic E-state index is 0.0127. The van der Waals surface area contributed by atoms with Crippen LogP contribution in [0.5, 0.6) is 0 Å². The summed E-state index contributed by atoms with van der Waals surface area (Å²) < 4.78 is 1.06. The molecule has 1 amide bonds. The first kappa shape index (κ1) is 12.1. The molecule has 0 bridgehead atoms. The highest BCUT2D eigenvalue weighted by Gasteiger charge is 2.29. The maximum Gasteiger partial charge on any atom is 0.224 e. The largest absolute Gasteiger partial charge is 0.351 e. The fourth-order valence-corrected chi connectivity index (χ4v) is 3.50. The van der Waals surface area contributed by atoms with Crippen molar-refractivity contribution >= 4 is 33.2 Å². The van der Waals surface area contributed by atoms with Crippen molar-refractivity contribution in [2.24, 2.45) is 11.7 Å². The van der Waals surface area contributed by atoms with E-state index in [1.165, 1.54) is 0 Å². The number of thiophene rings is 1. The zero-order valence-corrected chi connectivity index (χ0v) is 11.3. The van der Waals surface area contributed by atoms with Crippen molar-refractivity contribution in [1.82, 2.24) is 5.32 Å². The van der Waals surface area contributed by atoms with E-state index in [4.69, 9.17) is 5.73 Å². The Hall–Kier alpha value is -0.390. The number of nitrogens with one attached hydrogen (secondary N) is 1. The van der Waals surface area contributed by atoms with E-state index in [-0.39, 0.29) is 17.9 Å². The number of hydrogen-bond acceptors (Lipinski definition) is 3. The molecule has 1 fully saturated rings. The van der Waals surface area contributed by atoms with Gasteiger partial charge in [-0.1, -0.05) is 6.42 Å². The molecule has 1 aromatic heterocycles. The standard InChI is InChI=1S/C11H15BrN2OS/c12-8-4-5-16-10(8)6-14-11(15)7-2-1-3-9(7)13/h4-5,7,9H,1-3,6,13H2,(H,14,15). The second-order valence-electron chi connectivity index (χ2n) is 4.11. The molecule has 3 N–H and O–H groups in total. The molecule has 1 aliphatic rings. The Morgan fingerprint density at radius 1 is 1.62 bits per heavy atom. The van der Waals surface area contributed by atoms with Crippen LogP contribution >= 0.6 is 27.3 Å². The average molecular weight is 303 g/mol. The van der Waals surface area contributed by atoms with Gasteiger partial charge in [-0.25, -0.2) is 0 Å². The third-order valence-electron chi connectivity index (χ3n) is 3.02. The molecule has 1 saturated carbocycles. The summed E-state index contributed by atoms with van der Waals surface area (Å²) in [5, 5.41) is 4.97. The molecule has 1 aliphatic carbocycles. The van der Waals surface area contributed by atoms with Gasteiger partial charge in [-0.05, 0) is 40.2 Å². The number of hydrogen-bond donors (Lipinski definition) is 2. The lowest BCUT2D eigenvalue weighted by atomic mass is 10.0. The van der Waals surface area contributed by atoms with E-state index in [0.29, 0.717) is 6.54 Å². The van der Waals surface area contributed by atoms with E-state index in [1.54, 1.807) is 11.3 Å². The third-order valence-corrected chi connectivity index (χ3v) is 4.95. The van der Waals surface area contributed by atoms with Crippen molar-refractivity contribution in [3.8, 4) is 0 Å². The third kappa shape index (κ3) is 2.64. The van der Waals surface area contributed by atoms with Crippen molar-refractivity contribution in [2.75, 3.05) is 0 Å². The molecular weight excluding hydrogens is 288 g/mol. The van der Waals surface area contributed by atoms with Crippen molar-refractivity contribution < 1.29 is 4.79 Å². The first-order chi connectivity index (χ1) is 7.68. The summed E-state index contributed by atoms with van der Waals surface area (Å²) in [4.78, 5) is 13.0. The Kier molecular flexibility index (Phi) is 4.00. The highest BCUT2D eigenvalue weighted by atomic mass is 79.9. The molecule has 88 valence electrons. The van der Waals surface area contributed by atoms with Crippen molar-refractivity contribution in [1.29, 1.82) is 0 Å². The summed E-state index contributed by atoms with van der Waals surface area (Å²) in [6, 6.07) is 2.04. The Balaban J connectivity index is 1.86. The Bertz CT molecular complexity index is 380. The first-order valence-electron chi connectivity index (χ1n) is 5.43. The second-order valence-corrected chi connectivity index (χ2v) is 5.97. The monoisotopic (exact) mass is 302 g/mol. The van der Waals surface area contributed by atoms with E-state index in [1.807, 2.05) is 11.4 Å². The fraction of sp³-hybridized carbons (Fsp3) is 0.545. The summed E-state index contributed by atoms with van der Waals surface area (Å²) in [5.74, 6) is 0.115. The molecule has 0 aliphatic heterocycles. The fourth-order valence-electron chi connectivity index (χ4n) is 2.06. The predicted octanol–water partition coefficient (Wildman–Crippen LogP) is 2.25.